The van der Waals surface area contributed by atoms with E-state index < -0.39 is 17.5 Å². The monoisotopic (exact) mass is 327 g/mol. The van der Waals surface area contributed by atoms with Crippen LogP contribution in [0.1, 0.15) is 37.6 Å². The molecule has 0 saturated carbocycles. The van der Waals surface area contributed by atoms with Crippen LogP contribution in [-0.2, 0) is 4.74 Å². The third-order valence-corrected chi connectivity index (χ3v) is 3.73. The molecule has 1 saturated heterocycles. The van der Waals surface area contributed by atoms with Crippen molar-refractivity contribution >= 4 is 23.5 Å². The smallest absolute Gasteiger partial charge is 0.410 e. The van der Waals surface area contributed by atoms with Crippen molar-refractivity contribution in [1.29, 1.82) is 0 Å². The second-order valence-electron chi connectivity index (χ2n) is 6.40. The van der Waals surface area contributed by atoms with Gasteiger partial charge in [-0.05, 0) is 45.4 Å². The quantitative estimate of drug-likeness (QED) is 0.773. The lowest BCUT2D eigenvalue weighted by molar-refractivity contribution is 0.0289. The lowest BCUT2D eigenvalue weighted by Crippen LogP contribution is -2.35. The second-order valence-corrected chi connectivity index (χ2v) is 6.81. The fraction of sp³-hybridized carbons (Fsp3) is 0.500. The van der Waals surface area contributed by atoms with Crippen LogP contribution in [0.4, 0.5) is 9.18 Å². The fourth-order valence-electron chi connectivity index (χ4n) is 2.37. The molecular formula is C16H19ClFNO3. The van der Waals surface area contributed by atoms with Crippen LogP contribution in [0.5, 0.6) is 0 Å². The molecule has 22 heavy (non-hydrogen) atoms. The van der Waals surface area contributed by atoms with Gasteiger partial charge in [-0.2, -0.15) is 0 Å². The van der Waals surface area contributed by atoms with Gasteiger partial charge in [0.05, 0.1) is 5.02 Å². The van der Waals surface area contributed by atoms with Gasteiger partial charge in [-0.15, -0.1) is 0 Å². The molecule has 1 amide bonds. The molecule has 0 radical (unpaired) electrons. The number of ketones is 1. The molecule has 1 atom stereocenters. The molecule has 1 fully saturated rings. The highest BCUT2D eigenvalue weighted by Crippen LogP contribution is 2.26. The Morgan fingerprint density at radius 3 is 2.68 bits per heavy atom. The number of carbonyl (C=O) groups excluding carboxylic acids is 2. The number of carbonyl (C=O) groups is 2. The van der Waals surface area contributed by atoms with Crippen molar-refractivity contribution in [3.05, 3.63) is 34.6 Å². The second kappa shape index (κ2) is 6.24. The summed E-state index contributed by atoms with van der Waals surface area (Å²) >= 11 is 5.96. The van der Waals surface area contributed by atoms with Gasteiger partial charge in [0, 0.05) is 24.6 Å². The van der Waals surface area contributed by atoms with Crippen molar-refractivity contribution in [3.63, 3.8) is 0 Å². The third-order valence-electron chi connectivity index (χ3n) is 3.40. The van der Waals surface area contributed by atoms with Crippen molar-refractivity contribution in [3.8, 4) is 0 Å². The largest absolute Gasteiger partial charge is 0.444 e. The summed E-state index contributed by atoms with van der Waals surface area (Å²) in [6.45, 7) is 6.07. The predicted molar refractivity (Wildman–Crippen MR) is 81.7 cm³/mol. The first kappa shape index (κ1) is 16.7. The maximum atomic E-state index is 13.3. The zero-order valence-corrected chi connectivity index (χ0v) is 13.6. The van der Waals surface area contributed by atoms with E-state index in [1.54, 1.807) is 20.8 Å². The standard InChI is InChI=1S/C16H19ClFNO3/c1-16(2,3)22-15(21)19-7-6-10(9-19)14(20)12-8-11(18)4-5-13(12)17/h4-5,8,10H,6-7,9H2,1-3H3. The van der Waals surface area contributed by atoms with Gasteiger partial charge < -0.3 is 9.64 Å². The summed E-state index contributed by atoms with van der Waals surface area (Å²) < 4.78 is 18.6. The average molecular weight is 328 g/mol. The highest BCUT2D eigenvalue weighted by molar-refractivity contribution is 6.34. The van der Waals surface area contributed by atoms with Crippen LogP contribution in [0.3, 0.4) is 0 Å². The molecule has 0 spiro atoms. The molecular weight excluding hydrogens is 309 g/mol. The first-order valence-corrected chi connectivity index (χ1v) is 7.52. The number of nitrogens with zero attached hydrogens (tertiary/aromatic N) is 1. The van der Waals surface area contributed by atoms with E-state index in [2.05, 4.69) is 0 Å². The predicted octanol–water partition coefficient (Wildman–Crippen LogP) is 3.92. The summed E-state index contributed by atoms with van der Waals surface area (Å²) in [6, 6.07) is 3.71. The van der Waals surface area contributed by atoms with Crippen molar-refractivity contribution in [2.75, 3.05) is 13.1 Å². The number of rotatable bonds is 2. The molecule has 0 aromatic heterocycles. The SMILES string of the molecule is CC(C)(C)OC(=O)N1CCC(C(=O)c2cc(F)ccc2Cl)C1. The van der Waals surface area contributed by atoms with Crippen LogP contribution in [0.25, 0.3) is 0 Å². The minimum Gasteiger partial charge on any atom is -0.444 e. The first-order chi connectivity index (χ1) is 10.2. The molecule has 1 aromatic rings. The van der Waals surface area contributed by atoms with Crippen LogP contribution < -0.4 is 0 Å². The summed E-state index contributed by atoms with van der Waals surface area (Å²) in [7, 11) is 0. The number of halogens is 2. The molecule has 6 heteroatoms. The third kappa shape index (κ3) is 3.97. The minimum absolute atomic E-state index is 0.165. The van der Waals surface area contributed by atoms with E-state index in [0.29, 0.717) is 13.0 Å². The van der Waals surface area contributed by atoms with E-state index in [1.165, 1.54) is 17.0 Å². The minimum atomic E-state index is -0.578. The Bertz CT molecular complexity index is 598. The van der Waals surface area contributed by atoms with Crippen molar-refractivity contribution in [1.82, 2.24) is 4.90 Å². The summed E-state index contributed by atoms with van der Waals surface area (Å²) in [5, 5.41) is 0.224. The normalized spacial score (nSPS) is 18.4. The Morgan fingerprint density at radius 1 is 1.36 bits per heavy atom. The van der Waals surface area contributed by atoms with E-state index in [9.17, 15) is 14.0 Å². The van der Waals surface area contributed by atoms with Gasteiger partial charge in [0.15, 0.2) is 5.78 Å². The van der Waals surface area contributed by atoms with Crippen LogP contribution >= 0.6 is 11.6 Å². The first-order valence-electron chi connectivity index (χ1n) is 7.14. The molecule has 1 aromatic carbocycles. The van der Waals surface area contributed by atoms with Crippen LogP contribution in [0.2, 0.25) is 5.02 Å². The maximum Gasteiger partial charge on any atom is 0.410 e. The van der Waals surface area contributed by atoms with Gasteiger partial charge in [0.2, 0.25) is 0 Å². The van der Waals surface area contributed by atoms with E-state index in [4.69, 9.17) is 16.3 Å². The van der Waals surface area contributed by atoms with Gasteiger partial charge in [0.25, 0.3) is 0 Å². The molecule has 1 heterocycles. The number of likely N-dealkylation sites (tertiary alicyclic amines) is 1. The van der Waals surface area contributed by atoms with E-state index in [0.717, 1.165) is 6.07 Å². The van der Waals surface area contributed by atoms with Gasteiger partial charge in [-0.1, -0.05) is 11.6 Å². The molecule has 120 valence electrons. The molecule has 0 N–H and O–H groups in total. The van der Waals surface area contributed by atoms with Crippen LogP contribution in [0.15, 0.2) is 18.2 Å². The number of hydrogen-bond acceptors (Lipinski definition) is 3. The molecule has 2 rings (SSSR count). The highest BCUT2D eigenvalue weighted by Gasteiger charge is 2.34. The number of amides is 1. The van der Waals surface area contributed by atoms with E-state index in [1.807, 2.05) is 0 Å². The van der Waals surface area contributed by atoms with E-state index in [-0.39, 0.29) is 28.8 Å². The summed E-state index contributed by atoms with van der Waals surface area (Å²) in [6.07, 6.45) is 0.0819. The number of ether oxygens (including phenoxy) is 1. The topological polar surface area (TPSA) is 46.6 Å². The average Bonchev–Trinajstić information content (AvgIpc) is 2.88. The zero-order chi connectivity index (χ0) is 16.5. The fourth-order valence-corrected chi connectivity index (χ4v) is 2.58. The molecule has 4 nitrogen and oxygen atoms in total. The maximum absolute atomic E-state index is 13.3. The molecule has 1 aliphatic heterocycles. The number of Topliss-reactive ketones (excluding diaryl/α,β-unsaturated/α-hetero) is 1. The summed E-state index contributed by atoms with van der Waals surface area (Å²) in [4.78, 5) is 25.9. The summed E-state index contributed by atoms with van der Waals surface area (Å²) in [5.41, 5.74) is -0.414. The van der Waals surface area contributed by atoms with Crippen LogP contribution in [0, 0.1) is 11.7 Å². The van der Waals surface area contributed by atoms with Gasteiger partial charge in [-0.3, -0.25) is 4.79 Å². The molecule has 0 aliphatic carbocycles. The number of benzene rings is 1. The van der Waals surface area contributed by atoms with E-state index >= 15 is 0 Å². The summed E-state index contributed by atoms with van der Waals surface area (Å²) in [5.74, 6) is -1.13. The number of hydrogen-bond donors (Lipinski definition) is 0. The van der Waals surface area contributed by atoms with Gasteiger partial charge in [-0.25, -0.2) is 9.18 Å². The highest BCUT2D eigenvalue weighted by atomic mass is 35.5. The molecule has 1 unspecified atom stereocenters. The lowest BCUT2D eigenvalue weighted by atomic mass is 9.97. The molecule has 0 bridgehead atoms. The Kier molecular flexibility index (Phi) is 4.75. The zero-order valence-electron chi connectivity index (χ0n) is 12.9. The Morgan fingerprint density at radius 2 is 2.05 bits per heavy atom. The van der Waals surface area contributed by atoms with Crippen molar-refractivity contribution in [2.24, 2.45) is 5.92 Å². The van der Waals surface area contributed by atoms with Gasteiger partial charge >= 0.3 is 6.09 Å². The van der Waals surface area contributed by atoms with Crippen LogP contribution in [-0.4, -0.2) is 35.5 Å². The molecule has 1 aliphatic rings. The van der Waals surface area contributed by atoms with Crippen molar-refractivity contribution < 1.29 is 18.7 Å². The Labute approximate surface area is 134 Å². The lowest BCUT2D eigenvalue weighted by Gasteiger charge is -2.24. The Hall–Kier alpha value is -1.62. The van der Waals surface area contributed by atoms with Gasteiger partial charge in [0.1, 0.15) is 11.4 Å². The Balaban J connectivity index is 2.05. The van der Waals surface area contributed by atoms with Crippen molar-refractivity contribution in [2.45, 2.75) is 32.8 Å².